The maximum Gasteiger partial charge on any atom is 0.271 e. The van der Waals surface area contributed by atoms with Gasteiger partial charge >= 0.3 is 0 Å². The molecule has 2 heterocycles. The van der Waals surface area contributed by atoms with Crippen molar-refractivity contribution in [1.82, 2.24) is 20.0 Å². The number of aromatic amines is 1. The highest BCUT2D eigenvalue weighted by Crippen LogP contribution is 2.20. The zero-order valence-corrected chi connectivity index (χ0v) is 16.4. The summed E-state index contributed by atoms with van der Waals surface area (Å²) in [6.07, 6.45) is 5.03. The minimum atomic E-state index is 0.0449. The van der Waals surface area contributed by atoms with Crippen LogP contribution in [0.25, 0.3) is 0 Å². The molecule has 0 radical (unpaired) electrons. The molecule has 0 spiro atoms. The van der Waals surface area contributed by atoms with Crippen molar-refractivity contribution in [2.75, 3.05) is 39.8 Å². The topological polar surface area (TPSA) is 61.5 Å². The van der Waals surface area contributed by atoms with Crippen LogP contribution in [0.5, 0.6) is 5.75 Å². The largest absolute Gasteiger partial charge is 0.497 e. The maximum absolute atomic E-state index is 12.6. The fourth-order valence-electron chi connectivity index (χ4n) is 3.83. The zero-order valence-electron chi connectivity index (χ0n) is 16.4. The van der Waals surface area contributed by atoms with Gasteiger partial charge in [-0.25, -0.2) is 0 Å². The number of carbonyl (C=O) groups is 1. The first-order chi connectivity index (χ1) is 13.2. The third-order valence-electron chi connectivity index (χ3n) is 5.33. The maximum atomic E-state index is 12.6. The van der Waals surface area contributed by atoms with Crippen LogP contribution < -0.4 is 4.74 Å². The molecule has 2 aromatic rings. The van der Waals surface area contributed by atoms with Gasteiger partial charge in [0.2, 0.25) is 0 Å². The predicted molar refractivity (Wildman–Crippen MR) is 106 cm³/mol. The van der Waals surface area contributed by atoms with Gasteiger partial charge in [0.1, 0.15) is 11.4 Å². The predicted octanol–water partition coefficient (Wildman–Crippen LogP) is 2.84. The second kappa shape index (κ2) is 9.55. The van der Waals surface area contributed by atoms with Crippen LogP contribution in [-0.4, -0.2) is 65.7 Å². The second-order valence-electron chi connectivity index (χ2n) is 7.22. The third kappa shape index (κ3) is 5.32. The lowest BCUT2D eigenvalue weighted by molar-refractivity contribution is 0.0685. The molecule has 146 valence electrons. The van der Waals surface area contributed by atoms with E-state index in [1.807, 2.05) is 24.0 Å². The Hall–Kier alpha value is -2.34. The summed E-state index contributed by atoms with van der Waals surface area (Å²) in [5, 5.41) is 6.68. The van der Waals surface area contributed by atoms with Crippen molar-refractivity contribution in [2.24, 2.45) is 5.92 Å². The summed E-state index contributed by atoms with van der Waals surface area (Å²) in [5.41, 5.74) is 1.88. The van der Waals surface area contributed by atoms with Gasteiger partial charge in [0.15, 0.2) is 0 Å². The number of nitrogens with zero attached hydrogens (tertiary/aromatic N) is 3. The van der Waals surface area contributed by atoms with E-state index in [0.29, 0.717) is 11.6 Å². The highest BCUT2D eigenvalue weighted by Gasteiger charge is 2.24. The molecule has 27 heavy (non-hydrogen) atoms. The molecule has 1 aliphatic rings. The molecule has 1 atom stereocenters. The van der Waals surface area contributed by atoms with Crippen LogP contribution in [0.2, 0.25) is 0 Å². The fourth-order valence-corrected chi connectivity index (χ4v) is 3.83. The Morgan fingerprint density at radius 1 is 1.41 bits per heavy atom. The lowest BCUT2D eigenvalue weighted by Gasteiger charge is -2.35. The van der Waals surface area contributed by atoms with Gasteiger partial charge < -0.3 is 14.5 Å². The van der Waals surface area contributed by atoms with E-state index < -0.39 is 0 Å². The van der Waals surface area contributed by atoms with E-state index in [2.05, 4.69) is 27.2 Å². The van der Waals surface area contributed by atoms with E-state index in [1.165, 1.54) is 18.4 Å². The smallest absolute Gasteiger partial charge is 0.271 e. The normalized spacial score (nSPS) is 17.6. The molecule has 1 amide bonds. The molecule has 0 bridgehead atoms. The third-order valence-corrected chi connectivity index (χ3v) is 5.33. The van der Waals surface area contributed by atoms with Gasteiger partial charge in [0, 0.05) is 32.4 Å². The Balaban J connectivity index is 1.51. The molecule has 6 heteroatoms. The van der Waals surface area contributed by atoms with Crippen LogP contribution in [0.1, 0.15) is 35.8 Å². The van der Waals surface area contributed by atoms with Crippen LogP contribution in [-0.2, 0) is 6.42 Å². The molecule has 0 unspecified atom stereocenters. The first-order valence-electron chi connectivity index (χ1n) is 9.83. The van der Waals surface area contributed by atoms with E-state index in [-0.39, 0.29) is 5.91 Å². The van der Waals surface area contributed by atoms with E-state index in [9.17, 15) is 4.79 Å². The Labute approximate surface area is 161 Å². The summed E-state index contributed by atoms with van der Waals surface area (Å²) in [6.45, 7) is 6.81. The number of amides is 1. The summed E-state index contributed by atoms with van der Waals surface area (Å²) in [4.78, 5) is 17.1. The minimum Gasteiger partial charge on any atom is -0.497 e. The first-order valence-corrected chi connectivity index (χ1v) is 9.83. The standard InChI is InChI=1S/C21H30N4O2/c1-3-25(21(26)20-9-11-22-23-20)16-18-7-5-12-24(15-18)13-10-17-6-4-8-19(14-17)27-2/h4,6,8-9,11,14,18H,3,5,7,10,12-13,15-16H2,1-2H3,(H,22,23)/t18-/m1/s1. The molecular weight excluding hydrogens is 340 g/mol. The van der Waals surface area contributed by atoms with Crippen LogP contribution in [0.15, 0.2) is 36.5 Å². The molecule has 3 rings (SSSR count). The van der Waals surface area contributed by atoms with Crippen LogP contribution >= 0.6 is 0 Å². The lowest BCUT2D eigenvalue weighted by Crippen LogP contribution is -2.43. The number of piperidine rings is 1. The molecule has 6 nitrogen and oxygen atoms in total. The van der Waals surface area contributed by atoms with E-state index >= 15 is 0 Å². The number of benzene rings is 1. The van der Waals surface area contributed by atoms with Crippen molar-refractivity contribution in [2.45, 2.75) is 26.2 Å². The quantitative estimate of drug-likeness (QED) is 0.776. The van der Waals surface area contributed by atoms with Crippen molar-refractivity contribution in [3.05, 3.63) is 47.8 Å². The van der Waals surface area contributed by atoms with Gasteiger partial charge in [-0.2, -0.15) is 5.10 Å². The van der Waals surface area contributed by atoms with Gasteiger partial charge in [0.05, 0.1) is 7.11 Å². The highest BCUT2D eigenvalue weighted by atomic mass is 16.5. The van der Waals surface area contributed by atoms with E-state index in [4.69, 9.17) is 4.74 Å². The van der Waals surface area contributed by atoms with Gasteiger partial charge in [-0.15, -0.1) is 0 Å². The van der Waals surface area contributed by atoms with E-state index in [1.54, 1.807) is 19.4 Å². The van der Waals surface area contributed by atoms with Crippen molar-refractivity contribution in [3.8, 4) is 5.75 Å². The summed E-state index contributed by atoms with van der Waals surface area (Å²) < 4.78 is 5.31. The second-order valence-corrected chi connectivity index (χ2v) is 7.22. The number of aromatic nitrogens is 2. The number of hydrogen-bond acceptors (Lipinski definition) is 4. The van der Waals surface area contributed by atoms with Crippen molar-refractivity contribution >= 4 is 5.91 Å². The van der Waals surface area contributed by atoms with Gasteiger partial charge in [-0.3, -0.25) is 9.89 Å². The number of nitrogens with one attached hydrogen (secondary N) is 1. The Morgan fingerprint density at radius 2 is 2.30 bits per heavy atom. The molecule has 1 saturated heterocycles. The Kier molecular flexibility index (Phi) is 6.87. The Morgan fingerprint density at radius 3 is 3.04 bits per heavy atom. The number of rotatable bonds is 8. The molecule has 0 aliphatic carbocycles. The fraction of sp³-hybridized carbons (Fsp3) is 0.524. The molecular formula is C21H30N4O2. The minimum absolute atomic E-state index is 0.0449. The number of ether oxygens (including phenoxy) is 1. The van der Waals surface area contributed by atoms with Crippen molar-refractivity contribution in [1.29, 1.82) is 0 Å². The number of carbonyl (C=O) groups excluding carboxylic acids is 1. The van der Waals surface area contributed by atoms with Crippen LogP contribution in [0.4, 0.5) is 0 Å². The average Bonchev–Trinajstić information content (AvgIpc) is 3.25. The van der Waals surface area contributed by atoms with Crippen LogP contribution in [0, 0.1) is 5.92 Å². The molecule has 1 N–H and O–H groups in total. The van der Waals surface area contributed by atoms with Gasteiger partial charge in [-0.05, 0) is 62.4 Å². The van der Waals surface area contributed by atoms with Crippen molar-refractivity contribution < 1.29 is 9.53 Å². The molecule has 1 aromatic heterocycles. The van der Waals surface area contributed by atoms with Gasteiger partial charge in [0.25, 0.3) is 5.91 Å². The van der Waals surface area contributed by atoms with Gasteiger partial charge in [-0.1, -0.05) is 12.1 Å². The summed E-state index contributed by atoms with van der Waals surface area (Å²) in [7, 11) is 1.71. The zero-order chi connectivity index (χ0) is 19.1. The highest BCUT2D eigenvalue weighted by molar-refractivity contribution is 5.92. The molecule has 1 aliphatic heterocycles. The number of hydrogen-bond donors (Lipinski definition) is 1. The van der Waals surface area contributed by atoms with Crippen LogP contribution in [0.3, 0.4) is 0 Å². The summed E-state index contributed by atoms with van der Waals surface area (Å²) >= 11 is 0. The lowest BCUT2D eigenvalue weighted by atomic mass is 9.96. The SMILES string of the molecule is CCN(C[C@@H]1CCCN(CCc2cccc(OC)c2)C1)C(=O)c1ccn[nH]1. The Bertz CT molecular complexity index is 717. The molecule has 1 fully saturated rings. The van der Waals surface area contributed by atoms with Crippen molar-refractivity contribution in [3.63, 3.8) is 0 Å². The molecule has 1 aromatic carbocycles. The molecule has 0 saturated carbocycles. The number of H-pyrrole nitrogens is 1. The number of likely N-dealkylation sites (tertiary alicyclic amines) is 1. The monoisotopic (exact) mass is 370 g/mol. The summed E-state index contributed by atoms with van der Waals surface area (Å²) in [6, 6.07) is 10.0. The number of methoxy groups -OCH3 is 1. The van der Waals surface area contributed by atoms with E-state index in [0.717, 1.165) is 44.9 Å². The first kappa shape index (κ1) is 19.4. The summed E-state index contributed by atoms with van der Waals surface area (Å²) in [5.74, 6) is 1.49. The average molecular weight is 370 g/mol.